The number of hydrogen-bond acceptors (Lipinski definition) is 2. The molecule has 0 bridgehead atoms. The van der Waals surface area contributed by atoms with E-state index in [1.165, 1.54) is 25.7 Å². The summed E-state index contributed by atoms with van der Waals surface area (Å²) in [5.74, 6) is 1.64. The predicted molar refractivity (Wildman–Crippen MR) is 57.6 cm³/mol. The molecule has 0 aromatic carbocycles. The topological polar surface area (TPSA) is 38.0 Å². The normalized spacial score (nSPS) is 29.8. The number of nitrogens with two attached hydrogens (primary N) is 1. The van der Waals surface area contributed by atoms with E-state index in [2.05, 4.69) is 19.2 Å². The van der Waals surface area contributed by atoms with E-state index in [0.717, 1.165) is 25.0 Å². The van der Waals surface area contributed by atoms with Gasteiger partial charge in [0.25, 0.3) is 0 Å². The Bertz CT molecular complexity index is 130. The first-order chi connectivity index (χ1) is 6.26. The molecule has 0 spiro atoms. The van der Waals surface area contributed by atoms with Gasteiger partial charge in [0.05, 0.1) is 0 Å². The Labute approximate surface area is 82.3 Å². The van der Waals surface area contributed by atoms with Crippen LogP contribution in [0.4, 0.5) is 0 Å². The largest absolute Gasteiger partial charge is 0.330 e. The molecule has 1 rings (SSSR count). The highest BCUT2D eigenvalue weighted by Gasteiger charge is 2.24. The van der Waals surface area contributed by atoms with Crippen molar-refractivity contribution in [1.29, 1.82) is 0 Å². The standard InChI is InChI=1S/C11H24N2/c1-3-4-10(7-12)8-13-11-5-9(2)6-11/h9-11,13H,3-8,12H2,1-2H3. The molecule has 1 saturated carbocycles. The number of rotatable bonds is 6. The van der Waals surface area contributed by atoms with Crippen LogP contribution in [0.3, 0.4) is 0 Å². The molecule has 13 heavy (non-hydrogen) atoms. The average Bonchev–Trinajstić information content (AvgIpc) is 2.08. The molecule has 1 atom stereocenters. The van der Waals surface area contributed by atoms with Crippen molar-refractivity contribution in [2.75, 3.05) is 13.1 Å². The van der Waals surface area contributed by atoms with Gasteiger partial charge < -0.3 is 11.1 Å². The summed E-state index contributed by atoms with van der Waals surface area (Å²) < 4.78 is 0. The summed E-state index contributed by atoms with van der Waals surface area (Å²) >= 11 is 0. The van der Waals surface area contributed by atoms with E-state index < -0.39 is 0 Å². The molecule has 0 saturated heterocycles. The Kier molecular flexibility index (Phi) is 4.74. The fourth-order valence-electron chi connectivity index (χ4n) is 2.11. The lowest BCUT2D eigenvalue weighted by molar-refractivity contribution is 0.230. The van der Waals surface area contributed by atoms with Crippen molar-refractivity contribution in [2.45, 2.75) is 45.6 Å². The second-order valence-corrected chi connectivity index (χ2v) is 4.57. The molecule has 78 valence electrons. The molecule has 1 fully saturated rings. The molecular weight excluding hydrogens is 160 g/mol. The zero-order valence-corrected chi connectivity index (χ0v) is 9.05. The van der Waals surface area contributed by atoms with Crippen LogP contribution in [0.15, 0.2) is 0 Å². The second-order valence-electron chi connectivity index (χ2n) is 4.57. The molecule has 1 aliphatic carbocycles. The third kappa shape index (κ3) is 3.65. The second kappa shape index (κ2) is 5.61. The minimum atomic E-state index is 0.695. The van der Waals surface area contributed by atoms with E-state index in [-0.39, 0.29) is 0 Å². The van der Waals surface area contributed by atoms with E-state index in [1.807, 2.05) is 0 Å². The van der Waals surface area contributed by atoms with Crippen LogP contribution in [0.5, 0.6) is 0 Å². The quantitative estimate of drug-likeness (QED) is 0.660. The lowest BCUT2D eigenvalue weighted by Gasteiger charge is -2.34. The van der Waals surface area contributed by atoms with Gasteiger partial charge in [-0.05, 0) is 44.2 Å². The maximum Gasteiger partial charge on any atom is 0.00722 e. The van der Waals surface area contributed by atoms with Gasteiger partial charge in [0, 0.05) is 6.04 Å². The first-order valence-electron chi connectivity index (χ1n) is 5.69. The Balaban J connectivity index is 2.02. The maximum atomic E-state index is 5.69. The highest BCUT2D eigenvalue weighted by Crippen LogP contribution is 2.26. The van der Waals surface area contributed by atoms with Crippen molar-refractivity contribution in [2.24, 2.45) is 17.6 Å². The van der Waals surface area contributed by atoms with Gasteiger partial charge in [0.2, 0.25) is 0 Å². The Morgan fingerprint density at radius 3 is 2.62 bits per heavy atom. The van der Waals surface area contributed by atoms with Crippen LogP contribution < -0.4 is 11.1 Å². The summed E-state index contributed by atoms with van der Waals surface area (Å²) in [5, 5.41) is 3.61. The summed E-state index contributed by atoms with van der Waals surface area (Å²) in [4.78, 5) is 0. The molecule has 2 heteroatoms. The first-order valence-corrected chi connectivity index (χ1v) is 5.69. The maximum absolute atomic E-state index is 5.69. The zero-order valence-electron chi connectivity index (χ0n) is 9.05. The smallest absolute Gasteiger partial charge is 0.00722 e. The van der Waals surface area contributed by atoms with E-state index in [1.54, 1.807) is 0 Å². The lowest BCUT2D eigenvalue weighted by Crippen LogP contribution is -2.43. The summed E-state index contributed by atoms with van der Waals surface area (Å²) in [7, 11) is 0. The van der Waals surface area contributed by atoms with Crippen molar-refractivity contribution in [3.05, 3.63) is 0 Å². The first kappa shape index (κ1) is 11.0. The molecule has 3 N–H and O–H groups in total. The van der Waals surface area contributed by atoms with E-state index in [9.17, 15) is 0 Å². The van der Waals surface area contributed by atoms with Crippen molar-refractivity contribution >= 4 is 0 Å². The van der Waals surface area contributed by atoms with E-state index in [0.29, 0.717) is 5.92 Å². The molecule has 0 aromatic heterocycles. The highest BCUT2D eigenvalue weighted by atomic mass is 14.9. The van der Waals surface area contributed by atoms with Crippen LogP contribution in [0, 0.1) is 11.8 Å². The van der Waals surface area contributed by atoms with Crippen LogP contribution >= 0.6 is 0 Å². The van der Waals surface area contributed by atoms with Crippen molar-refractivity contribution < 1.29 is 0 Å². The van der Waals surface area contributed by atoms with Crippen LogP contribution in [0.25, 0.3) is 0 Å². The summed E-state index contributed by atoms with van der Waals surface area (Å²) in [6.07, 6.45) is 5.25. The minimum absolute atomic E-state index is 0.695. The third-order valence-electron chi connectivity index (χ3n) is 3.10. The third-order valence-corrected chi connectivity index (χ3v) is 3.10. The predicted octanol–water partition coefficient (Wildman–Crippen LogP) is 1.75. The van der Waals surface area contributed by atoms with Gasteiger partial charge in [-0.25, -0.2) is 0 Å². The molecule has 2 nitrogen and oxygen atoms in total. The molecule has 1 unspecified atom stereocenters. The fraction of sp³-hybridized carbons (Fsp3) is 1.00. The minimum Gasteiger partial charge on any atom is -0.330 e. The Morgan fingerprint density at radius 2 is 2.15 bits per heavy atom. The molecule has 0 amide bonds. The van der Waals surface area contributed by atoms with Crippen LogP contribution in [0.1, 0.15) is 39.5 Å². The van der Waals surface area contributed by atoms with Crippen LogP contribution in [0.2, 0.25) is 0 Å². The Morgan fingerprint density at radius 1 is 1.46 bits per heavy atom. The SMILES string of the molecule is CCCC(CN)CNC1CC(C)C1. The summed E-state index contributed by atoms with van der Waals surface area (Å²) in [5.41, 5.74) is 5.69. The van der Waals surface area contributed by atoms with Gasteiger partial charge in [-0.2, -0.15) is 0 Å². The summed E-state index contributed by atoms with van der Waals surface area (Å²) in [6, 6.07) is 0.793. The van der Waals surface area contributed by atoms with Crippen molar-refractivity contribution in [1.82, 2.24) is 5.32 Å². The van der Waals surface area contributed by atoms with Gasteiger partial charge in [0.1, 0.15) is 0 Å². The van der Waals surface area contributed by atoms with Crippen LogP contribution in [-0.4, -0.2) is 19.1 Å². The zero-order chi connectivity index (χ0) is 9.68. The van der Waals surface area contributed by atoms with Crippen molar-refractivity contribution in [3.63, 3.8) is 0 Å². The molecule has 0 aromatic rings. The van der Waals surface area contributed by atoms with Crippen molar-refractivity contribution in [3.8, 4) is 0 Å². The molecule has 0 aliphatic heterocycles. The van der Waals surface area contributed by atoms with E-state index in [4.69, 9.17) is 5.73 Å². The van der Waals surface area contributed by atoms with Gasteiger partial charge in [0.15, 0.2) is 0 Å². The molecule has 0 heterocycles. The molecule has 0 radical (unpaired) electrons. The van der Waals surface area contributed by atoms with E-state index >= 15 is 0 Å². The highest BCUT2D eigenvalue weighted by molar-refractivity contribution is 4.82. The van der Waals surface area contributed by atoms with Gasteiger partial charge >= 0.3 is 0 Å². The number of nitrogens with one attached hydrogen (secondary N) is 1. The average molecular weight is 184 g/mol. The van der Waals surface area contributed by atoms with Crippen LogP contribution in [-0.2, 0) is 0 Å². The van der Waals surface area contributed by atoms with Gasteiger partial charge in [-0.15, -0.1) is 0 Å². The summed E-state index contributed by atoms with van der Waals surface area (Å²) in [6.45, 7) is 6.52. The Hall–Kier alpha value is -0.0800. The lowest BCUT2D eigenvalue weighted by atomic mass is 9.81. The molecule has 1 aliphatic rings. The van der Waals surface area contributed by atoms with Gasteiger partial charge in [-0.1, -0.05) is 20.3 Å². The monoisotopic (exact) mass is 184 g/mol. The number of hydrogen-bond donors (Lipinski definition) is 2. The fourth-order valence-corrected chi connectivity index (χ4v) is 2.11. The van der Waals surface area contributed by atoms with Gasteiger partial charge in [-0.3, -0.25) is 0 Å². The molecular formula is C11H24N2.